The zero-order valence-electron chi connectivity index (χ0n) is 11.1. The first kappa shape index (κ1) is 15.0. The smallest absolute Gasteiger partial charge is 0.169 e. The molecule has 0 amide bonds. The number of ether oxygens (including phenoxy) is 2. The minimum absolute atomic E-state index is 0.295. The van der Waals surface area contributed by atoms with Crippen molar-refractivity contribution in [1.29, 1.82) is 0 Å². The Balaban J connectivity index is 2.72. The fraction of sp³-hybridized carbons (Fsp3) is 0.538. The highest BCUT2D eigenvalue weighted by Gasteiger charge is 2.15. The Kier molecular flexibility index (Phi) is 5.65. The van der Waals surface area contributed by atoms with Crippen LogP contribution in [0.2, 0.25) is 0 Å². The van der Waals surface area contributed by atoms with Gasteiger partial charge in [-0.25, -0.2) is 8.78 Å². The Bertz CT molecular complexity index is 395. The molecule has 18 heavy (non-hydrogen) atoms. The molecule has 1 unspecified atom stereocenters. The van der Waals surface area contributed by atoms with Crippen molar-refractivity contribution in [3.63, 3.8) is 0 Å². The van der Waals surface area contributed by atoms with Crippen molar-refractivity contribution < 1.29 is 18.3 Å². The van der Waals surface area contributed by atoms with Gasteiger partial charge in [0.25, 0.3) is 0 Å². The third kappa shape index (κ3) is 3.73. The van der Waals surface area contributed by atoms with E-state index in [0.29, 0.717) is 17.7 Å². The predicted octanol–water partition coefficient (Wildman–Crippen LogP) is 2.54. The van der Waals surface area contributed by atoms with Gasteiger partial charge in [-0.2, -0.15) is 0 Å². The quantitative estimate of drug-likeness (QED) is 0.796. The van der Waals surface area contributed by atoms with Crippen LogP contribution in [0.5, 0.6) is 0 Å². The molecule has 3 nitrogen and oxygen atoms in total. The molecule has 0 aromatic heterocycles. The van der Waals surface area contributed by atoms with E-state index in [1.807, 2.05) is 0 Å². The van der Waals surface area contributed by atoms with Crippen molar-refractivity contribution in [2.75, 3.05) is 20.8 Å². The van der Waals surface area contributed by atoms with Gasteiger partial charge in [0.05, 0.1) is 0 Å². The van der Waals surface area contributed by atoms with Crippen LogP contribution in [0.1, 0.15) is 24.1 Å². The molecule has 1 N–H and O–H groups in total. The molecule has 0 aliphatic heterocycles. The highest BCUT2D eigenvalue weighted by atomic mass is 19.1. The molecular weight excluding hydrogens is 240 g/mol. The van der Waals surface area contributed by atoms with E-state index in [9.17, 15) is 8.78 Å². The van der Waals surface area contributed by atoms with E-state index >= 15 is 0 Å². The molecule has 0 saturated carbocycles. The number of hydrogen-bond acceptors (Lipinski definition) is 3. The lowest BCUT2D eigenvalue weighted by molar-refractivity contribution is -0.0997. The largest absolute Gasteiger partial charge is 0.355 e. The van der Waals surface area contributed by atoms with Crippen LogP contribution in [0.15, 0.2) is 12.1 Å². The lowest BCUT2D eigenvalue weighted by Crippen LogP contribution is -2.32. The van der Waals surface area contributed by atoms with Crippen LogP contribution in [-0.2, 0) is 9.47 Å². The van der Waals surface area contributed by atoms with Gasteiger partial charge in [0, 0.05) is 32.4 Å². The minimum Gasteiger partial charge on any atom is -0.355 e. The maximum atomic E-state index is 13.7. The van der Waals surface area contributed by atoms with Crippen LogP contribution in [0.4, 0.5) is 8.78 Å². The van der Waals surface area contributed by atoms with Gasteiger partial charge in [0.1, 0.15) is 11.6 Å². The molecule has 0 bridgehead atoms. The van der Waals surface area contributed by atoms with Gasteiger partial charge in [0.15, 0.2) is 6.29 Å². The molecule has 0 radical (unpaired) electrons. The van der Waals surface area contributed by atoms with Crippen LogP contribution in [-0.4, -0.2) is 27.1 Å². The molecule has 0 heterocycles. The van der Waals surface area contributed by atoms with Crippen LogP contribution < -0.4 is 5.32 Å². The number of aryl methyl sites for hydroxylation is 1. The second-order valence-electron chi connectivity index (χ2n) is 4.15. The number of benzene rings is 1. The molecule has 102 valence electrons. The van der Waals surface area contributed by atoms with E-state index in [1.54, 1.807) is 6.92 Å². The van der Waals surface area contributed by atoms with Gasteiger partial charge in [-0.15, -0.1) is 0 Å². The number of methoxy groups -OCH3 is 2. The summed E-state index contributed by atoms with van der Waals surface area (Å²) < 4.78 is 37.1. The minimum atomic E-state index is -0.416. The third-order valence-electron chi connectivity index (χ3n) is 2.86. The van der Waals surface area contributed by atoms with E-state index < -0.39 is 17.9 Å². The normalized spacial score (nSPS) is 13.1. The summed E-state index contributed by atoms with van der Waals surface area (Å²) in [4.78, 5) is 0. The first-order valence-corrected chi connectivity index (χ1v) is 5.74. The molecule has 0 fully saturated rings. The molecular formula is C13H19F2NO2. The zero-order chi connectivity index (χ0) is 13.7. The highest BCUT2D eigenvalue weighted by Crippen LogP contribution is 2.20. The fourth-order valence-electron chi connectivity index (χ4n) is 1.64. The molecule has 0 aliphatic rings. The Morgan fingerprint density at radius 2 is 1.78 bits per heavy atom. The summed E-state index contributed by atoms with van der Waals surface area (Å²) in [6.45, 7) is 3.69. The Morgan fingerprint density at radius 3 is 2.33 bits per heavy atom. The summed E-state index contributed by atoms with van der Waals surface area (Å²) in [5.74, 6) is -0.824. The standard InChI is InChI=1S/C13H19F2NO2/c1-8-5-12(15)10(6-11(8)14)9(2)16-7-13(17-3)18-4/h5-6,9,13,16H,7H2,1-4H3. The summed E-state index contributed by atoms with van der Waals surface area (Å²) >= 11 is 0. The summed E-state index contributed by atoms with van der Waals surface area (Å²) in [5, 5.41) is 3.03. The number of rotatable bonds is 6. The molecule has 0 aliphatic carbocycles. The average molecular weight is 259 g/mol. The first-order chi connectivity index (χ1) is 8.49. The summed E-state index contributed by atoms with van der Waals surface area (Å²) in [6.07, 6.45) is -0.411. The van der Waals surface area contributed by atoms with Gasteiger partial charge in [-0.3, -0.25) is 0 Å². The SMILES string of the molecule is COC(CNC(C)c1cc(F)c(C)cc1F)OC. The monoisotopic (exact) mass is 259 g/mol. The fourth-order valence-corrected chi connectivity index (χ4v) is 1.64. The van der Waals surface area contributed by atoms with Crippen LogP contribution in [0, 0.1) is 18.6 Å². The Morgan fingerprint density at radius 1 is 1.17 bits per heavy atom. The highest BCUT2D eigenvalue weighted by molar-refractivity contribution is 5.27. The van der Waals surface area contributed by atoms with Crippen LogP contribution in [0.3, 0.4) is 0 Å². The number of nitrogens with one attached hydrogen (secondary N) is 1. The lowest BCUT2D eigenvalue weighted by atomic mass is 10.1. The van der Waals surface area contributed by atoms with Gasteiger partial charge in [-0.05, 0) is 31.5 Å². The summed E-state index contributed by atoms with van der Waals surface area (Å²) in [6, 6.07) is 2.09. The summed E-state index contributed by atoms with van der Waals surface area (Å²) in [7, 11) is 3.04. The van der Waals surface area contributed by atoms with E-state index in [4.69, 9.17) is 9.47 Å². The molecule has 0 spiro atoms. The summed E-state index contributed by atoms with van der Waals surface area (Å²) in [5.41, 5.74) is 0.596. The second-order valence-corrected chi connectivity index (χ2v) is 4.15. The van der Waals surface area contributed by atoms with Gasteiger partial charge >= 0.3 is 0 Å². The molecule has 1 aromatic rings. The second kappa shape index (κ2) is 6.78. The topological polar surface area (TPSA) is 30.5 Å². The maximum absolute atomic E-state index is 13.7. The third-order valence-corrected chi connectivity index (χ3v) is 2.86. The van der Waals surface area contributed by atoms with E-state index in [2.05, 4.69) is 5.32 Å². The van der Waals surface area contributed by atoms with Crippen molar-refractivity contribution >= 4 is 0 Å². The first-order valence-electron chi connectivity index (χ1n) is 5.74. The molecule has 1 aromatic carbocycles. The Labute approximate surface area is 106 Å². The predicted molar refractivity (Wildman–Crippen MR) is 65.3 cm³/mol. The Hall–Kier alpha value is -1.04. The van der Waals surface area contributed by atoms with Crippen molar-refractivity contribution in [2.45, 2.75) is 26.2 Å². The molecule has 1 rings (SSSR count). The van der Waals surface area contributed by atoms with Gasteiger partial charge in [0.2, 0.25) is 0 Å². The van der Waals surface area contributed by atoms with E-state index in [-0.39, 0.29) is 6.04 Å². The van der Waals surface area contributed by atoms with E-state index in [1.165, 1.54) is 33.3 Å². The number of hydrogen-bond donors (Lipinski definition) is 1. The molecule has 5 heteroatoms. The molecule has 0 saturated heterocycles. The number of halogens is 2. The average Bonchev–Trinajstić information content (AvgIpc) is 2.34. The van der Waals surface area contributed by atoms with Gasteiger partial charge in [-0.1, -0.05) is 0 Å². The van der Waals surface area contributed by atoms with Crippen molar-refractivity contribution in [3.8, 4) is 0 Å². The van der Waals surface area contributed by atoms with Crippen molar-refractivity contribution in [2.24, 2.45) is 0 Å². The maximum Gasteiger partial charge on any atom is 0.169 e. The van der Waals surface area contributed by atoms with E-state index in [0.717, 1.165) is 0 Å². The van der Waals surface area contributed by atoms with Crippen LogP contribution >= 0.6 is 0 Å². The van der Waals surface area contributed by atoms with Crippen molar-refractivity contribution in [1.82, 2.24) is 5.32 Å². The van der Waals surface area contributed by atoms with Crippen LogP contribution in [0.25, 0.3) is 0 Å². The van der Waals surface area contributed by atoms with Gasteiger partial charge < -0.3 is 14.8 Å². The van der Waals surface area contributed by atoms with Crippen molar-refractivity contribution in [3.05, 3.63) is 34.9 Å². The lowest BCUT2D eigenvalue weighted by Gasteiger charge is -2.19. The molecule has 1 atom stereocenters. The zero-order valence-corrected chi connectivity index (χ0v) is 11.1.